The average molecular weight is 287 g/mol. The number of thiazole rings is 1. The summed E-state index contributed by atoms with van der Waals surface area (Å²) in [6, 6.07) is 0. The smallest absolute Gasteiger partial charge is 0.306 e. The molecule has 1 aliphatic carbocycles. The molecule has 0 amide bonds. The van der Waals surface area contributed by atoms with E-state index in [4.69, 9.17) is 0 Å². The first-order chi connectivity index (χ1) is 8.53. The predicted molar refractivity (Wildman–Crippen MR) is 71.9 cm³/mol. The zero-order valence-electron chi connectivity index (χ0n) is 10.6. The van der Waals surface area contributed by atoms with Crippen molar-refractivity contribution in [2.24, 2.45) is 5.41 Å². The van der Waals surface area contributed by atoms with Crippen LogP contribution in [-0.4, -0.2) is 28.0 Å². The van der Waals surface area contributed by atoms with Crippen molar-refractivity contribution in [3.63, 3.8) is 0 Å². The summed E-state index contributed by atoms with van der Waals surface area (Å²) in [4.78, 5) is 15.6. The second-order valence-corrected chi connectivity index (χ2v) is 7.26. The van der Waals surface area contributed by atoms with Crippen molar-refractivity contribution in [2.45, 2.75) is 31.9 Å². The van der Waals surface area contributed by atoms with Crippen molar-refractivity contribution in [1.29, 1.82) is 0 Å². The van der Waals surface area contributed by atoms with Gasteiger partial charge in [0.25, 0.3) is 0 Å². The number of esters is 1. The number of methoxy groups -OCH3 is 1. The van der Waals surface area contributed by atoms with Crippen LogP contribution in [0.25, 0.3) is 0 Å². The van der Waals surface area contributed by atoms with Gasteiger partial charge in [-0.3, -0.25) is 9.00 Å². The molecular formula is C12H17NO3S2. The number of rotatable bonds is 6. The minimum absolute atomic E-state index is 0.0652. The molecule has 4 nitrogen and oxygen atoms in total. The summed E-state index contributed by atoms with van der Waals surface area (Å²) in [6.07, 6.45) is 2.35. The van der Waals surface area contributed by atoms with Crippen LogP contribution in [0.4, 0.5) is 0 Å². The van der Waals surface area contributed by atoms with Gasteiger partial charge >= 0.3 is 5.97 Å². The molecule has 1 fully saturated rings. The van der Waals surface area contributed by atoms with Crippen LogP contribution in [0.2, 0.25) is 0 Å². The van der Waals surface area contributed by atoms with Gasteiger partial charge in [-0.15, -0.1) is 11.3 Å². The van der Waals surface area contributed by atoms with E-state index in [1.54, 1.807) is 11.3 Å². The van der Waals surface area contributed by atoms with E-state index in [-0.39, 0.29) is 11.4 Å². The number of aryl methyl sites for hydroxylation is 1. The van der Waals surface area contributed by atoms with E-state index in [2.05, 4.69) is 9.72 Å². The van der Waals surface area contributed by atoms with Crippen LogP contribution in [0, 0.1) is 12.3 Å². The average Bonchev–Trinajstić information content (AvgIpc) is 2.92. The van der Waals surface area contributed by atoms with Crippen LogP contribution < -0.4 is 0 Å². The van der Waals surface area contributed by atoms with Gasteiger partial charge in [-0.2, -0.15) is 0 Å². The monoisotopic (exact) mass is 287 g/mol. The second kappa shape index (κ2) is 5.48. The lowest BCUT2D eigenvalue weighted by molar-refractivity contribution is -0.141. The summed E-state index contributed by atoms with van der Waals surface area (Å²) < 4.78 is 16.8. The van der Waals surface area contributed by atoms with Crippen molar-refractivity contribution in [1.82, 2.24) is 4.98 Å². The lowest BCUT2D eigenvalue weighted by Crippen LogP contribution is -2.18. The minimum atomic E-state index is -0.943. The van der Waals surface area contributed by atoms with Gasteiger partial charge in [0, 0.05) is 27.6 Å². The highest BCUT2D eigenvalue weighted by molar-refractivity contribution is 7.84. The van der Waals surface area contributed by atoms with Gasteiger partial charge in [0.05, 0.1) is 19.3 Å². The number of hydrogen-bond acceptors (Lipinski definition) is 5. The molecule has 100 valence electrons. The Kier molecular flexibility index (Phi) is 4.17. The second-order valence-electron chi connectivity index (χ2n) is 4.86. The molecule has 1 saturated carbocycles. The molecule has 1 atom stereocenters. The van der Waals surface area contributed by atoms with Crippen molar-refractivity contribution >= 4 is 28.1 Å². The van der Waals surface area contributed by atoms with Gasteiger partial charge in [0.2, 0.25) is 0 Å². The van der Waals surface area contributed by atoms with E-state index >= 15 is 0 Å². The normalized spacial score (nSPS) is 18.3. The molecule has 1 aliphatic rings. The molecule has 6 heteroatoms. The van der Waals surface area contributed by atoms with Crippen LogP contribution in [0.1, 0.15) is 30.0 Å². The molecule has 0 aromatic carbocycles. The zero-order chi connectivity index (χ0) is 13.2. The molecule has 18 heavy (non-hydrogen) atoms. The maximum Gasteiger partial charge on any atom is 0.306 e. The Hall–Kier alpha value is -0.750. The molecule has 0 saturated heterocycles. The van der Waals surface area contributed by atoms with Crippen molar-refractivity contribution in [3.8, 4) is 0 Å². The van der Waals surface area contributed by atoms with Crippen LogP contribution in [0.5, 0.6) is 0 Å². The fourth-order valence-electron chi connectivity index (χ4n) is 1.93. The summed E-state index contributed by atoms with van der Waals surface area (Å²) in [5.41, 5.74) is 0.909. The summed E-state index contributed by atoms with van der Waals surface area (Å²) in [7, 11) is 0.454. The number of ether oxygens (including phenoxy) is 1. The number of carbonyl (C=O) groups is 1. The highest BCUT2D eigenvalue weighted by atomic mass is 32.2. The van der Waals surface area contributed by atoms with E-state index in [1.807, 2.05) is 12.3 Å². The molecule has 0 spiro atoms. The zero-order valence-corrected chi connectivity index (χ0v) is 12.2. The van der Waals surface area contributed by atoms with E-state index < -0.39 is 10.8 Å². The third kappa shape index (κ3) is 3.62. The van der Waals surface area contributed by atoms with Gasteiger partial charge < -0.3 is 4.74 Å². The summed E-state index contributed by atoms with van der Waals surface area (Å²) >= 11 is 1.55. The number of nitrogens with zero attached hydrogens (tertiary/aromatic N) is 1. The lowest BCUT2D eigenvalue weighted by Gasteiger charge is -2.12. The van der Waals surface area contributed by atoms with Gasteiger partial charge in [-0.1, -0.05) is 0 Å². The Morgan fingerprint density at radius 1 is 1.61 bits per heavy atom. The Morgan fingerprint density at radius 2 is 2.33 bits per heavy atom. The maximum absolute atomic E-state index is 12.1. The standard InChI is InChI=1S/C12H17NO3S2/c1-9-6-17-10(13-9)7-18(15)8-12(3-4-12)5-11(14)16-2/h6H,3-5,7-8H2,1-2H3. The molecule has 1 unspecified atom stereocenters. The fraction of sp³-hybridized carbons (Fsp3) is 0.667. The Bertz CT molecular complexity index is 466. The van der Waals surface area contributed by atoms with Gasteiger partial charge in [-0.05, 0) is 25.2 Å². The Balaban J connectivity index is 1.86. The first-order valence-corrected chi connectivity index (χ1v) is 8.23. The maximum atomic E-state index is 12.1. The Labute approximate surface area is 113 Å². The van der Waals surface area contributed by atoms with E-state index in [1.165, 1.54) is 7.11 Å². The molecule has 0 bridgehead atoms. The largest absolute Gasteiger partial charge is 0.469 e. The van der Waals surface area contributed by atoms with Crippen LogP contribution in [-0.2, 0) is 26.1 Å². The molecule has 1 heterocycles. The quantitative estimate of drug-likeness (QED) is 0.751. The topological polar surface area (TPSA) is 56.3 Å². The van der Waals surface area contributed by atoms with E-state index in [0.717, 1.165) is 23.5 Å². The molecule has 0 N–H and O–H groups in total. The highest BCUT2D eigenvalue weighted by Crippen LogP contribution is 2.49. The van der Waals surface area contributed by atoms with Crippen molar-refractivity contribution in [3.05, 3.63) is 16.1 Å². The summed E-state index contributed by atoms with van der Waals surface area (Å²) in [6.45, 7) is 1.93. The van der Waals surface area contributed by atoms with Crippen LogP contribution >= 0.6 is 11.3 Å². The van der Waals surface area contributed by atoms with Crippen LogP contribution in [0.3, 0.4) is 0 Å². The summed E-state index contributed by atoms with van der Waals surface area (Å²) in [5, 5.41) is 2.88. The van der Waals surface area contributed by atoms with Crippen LogP contribution in [0.15, 0.2) is 5.38 Å². The summed E-state index contributed by atoms with van der Waals surface area (Å²) in [5.74, 6) is 0.886. The third-order valence-corrected chi connectivity index (χ3v) is 5.80. The SMILES string of the molecule is COC(=O)CC1(CS(=O)Cc2nc(C)cs2)CC1. The molecule has 0 radical (unpaired) electrons. The molecule has 1 aromatic rings. The van der Waals surface area contributed by atoms with Gasteiger partial charge in [-0.25, -0.2) is 4.98 Å². The highest BCUT2D eigenvalue weighted by Gasteiger charge is 2.45. The van der Waals surface area contributed by atoms with E-state index in [9.17, 15) is 9.00 Å². The molecule has 2 rings (SSSR count). The predicted octanol–water partition coefficient (Wildman–Crippen LogP) is 2.04. The minimum Gasteiger partial charge on any atom is -0.469 e. The molecule has 0 aliphatic heterocycles. The van der Waals surface area contributed by atoms with Gasteiger partial charge in [0.1, 0.15) is 5.01 Å². The Morgan fingerprint density at radius 3 is 2.83 bits per heavy atom. The van der Waals surface area contributed by atoms with Gasteiger partial charge in [0.15, 0.2) is 0 Å². The number of hydrogen-bond donors (Lipinski definition) is 0. The molecular weight excluding hydrogens is 270 g/mol. The third-order valence-electron chi connectivity index (χ3n) is 3.12. The number of aromatic nitrogens is 1. The molecule has 1 aromatic heterocycles. The van der Waals surface area contributed by atoms with E-state index in [0.29, 0.717) is 17.9 Å². The van der Waals surface area contributed by atoms with Crippen molar-refractivity contribution in [2.75, 3.05) is 12.9 Å². The first-order valence-electron chi connectivity index (χ1n) is 5.86. The van der Waals surface area contributed by atoms with Crippen molar-refractivity contribution < 1.29 is 13.7 Å². The lowest BCUT2D eigenvalue weighted by atomic mass is 10.1. The first kappa shape index (κ1) is 13.7. The number of carbonyl (C=O) groups excluding carboxylic acids is 1. The fourth-order valence-corrected chi connectivity index (χ4v) is 4.66.